The topological polar surface area (TPSA) is 47.6 Å². The molecule has 134 valence electrons. The van der Waals surface area contributed by atoms with E-state index in [1.165, 1.54) is 0 Å². The molecule has 2 aromatic carbocycles. The molecule has 2 aromatic rings. The van der Waals surface area contributed by atoms with E-state index in [9.17, 15) is 4.79 Å². The summed E-state index contributed by atoms with van der Waals surface area (Å²) in [5.41, 5.74) is 2.70. The number of carbonyl (C=O) groups excluding carboxylic acids is 1. The molecule has 1 N–H and O–H groups in total. The van der Waals surface area contributed by atoms with Gasteiger partial charge in [-0.1, -0.05) is 43.7 Å². The Kier molecular flexibility index (Phi) is 6.87. The van der Waals surface area contributed by atoms with Crippen LogP contribution in [0.3, 0.4) is 0 Å². The molecule has 0 aliphatic carbocycles. The van der Waals surface area contributed by atoms with Gasteiger partial charge in [0.05, 0.1) is 12.3 Å². The third kappa shape index (κ3) is 5.24. The molecular formula is C21H27NO3. The SMILES string of the molecule is CCCCOc1ccccc1NC(=O)C(C)Oc1c(C)cccc1C. The number of amides is 1. The van der Waals surface area contributed by atoms with Crippen molar-refractivity contribution in [2.24, 2.45) is 0 Å². The van der Waals surface area contributed by atoms with Crippen LogP contribution in [0, 0.1) is 13.8 Å². The Hall–Kier alpha value is -2.49. The van der Waals surface area contributed by atoms with Gasteiger partial charge in [0.2, 0.25) is 0 Å². The fraction of sp³-hybridized carbons (Fsp3) is 0.381. The van der Waals surface area contributed by atoms with E-state index in [2.05, 4.69) is 12.2 Å². The van der Waals surface area contributed by atoms with Gasteiger partial charge in [-0.2, -0.15) is 0 Å². The molecule has 0 saturated heterocycles. The molecule has 1 unspecified atom stereocenters. The monoisotopic (exact) mass is 341 g/mol. The highest BCUT2D eigenvalue weighted by Gasteiger charge is 2.18. The Balaban J connectivity index is 2.04. The van der Waals surface area contributed by atoms with Crippen LogP contribution in [0.4, 0.5) is 5.69 Å². The van der Waals surface area contributed by atoms with Gasteiger partial charge in [0.25, 0.3) is 5.91 Å². The molecule has 0 aliphatic heterocycles. The van der Waals surface area contributed by atoms with Crippen LogP contribution < -0.4 is 14.8 Å². The van der Waals surface area contributed by atoms with Crippen molar-refractivity contribution in [3.8, 4) is 11.5 Å². The van der Waals surface area contributed by atoms with E-state index in [0.717, 1.165) is 29.7 Å². The van der Waals surface area contributed by atoms with Gasteiger partial charge in [0.1, 0.15) is 11.5 Å². The molecule has 1 atom stereocenters. The number of anilines is 1. The van der Waals surface area contributed by atoms with E-state index in [-0.39, 0.29) is 5.91 Å². The van der Waals surface area contributed by atoms with Crippen molar-refractivity contribution >= 4 is 11.6 Å². The Bertz CT molecular complexity index is 692. The Labute approximate surface area is 150 Å². The van der Waals surface area contributed by atoms with Crippen LogP contribution in [0.2, 0.25) is 0 Å². The van der Waals surface area contributed by atoms with E-state index in [1.807, 2.05) is 56.3 Å². The Morgan fingerprint density at radius 3 is 2.44 bits per heavy atom. The fourth-order valence-corrected chi connectivity index (χ4v) is 2.47. The molecule has 0 aliphatic rings. The third-order valence-corrected chi connectivity index (χ3v) is 3.97. The summed E-state index contributed by atoms with van der Waals surface area (Å²) in [5.74, 6) is 1.25. The summed E-state index contributed by atoms with van der Waals surface area (Å²) in [4.78, 5) is 12.5. The van der Waals surface area contributed by atoms with Crippen molar-refractivity contribution in [3.63, 3.8) is 0 Å². The number of benzene rings is 2. The van der Waals surface area contributed by atoms with Crippen LogP contribution in [-0.4, -0.2) is 18.6 Å². The van der Waals surface area contributed by atoms with Crippen molar-refractivity contribution in [2.45, 2.75) is 46.6 Å². The first-order valence-corrected chi connectivity index (χ1v) is 8.78. The minimum Gasteiger partial charge on any atom is -0.491 e. The van der Waals surface area contributed by atoms with Crippen LogP contribution in [0.5, 0.6) is 11.5 Å². The first-order chi connectivity index (χ1) is 12.0. The maximum absolute atomic E-state index is 12.5. The smallest absolute Gasteiger partial charge is 0.265 e. The summed E-state index contributed by atoms with van der Waals surface area (Å²) in [6, 6.07) is 13.4. The summed E-state index contributed by atoms with van der Waals surface area (Å²) in [7, 11) is 0. The second-order valence-electron chi connectivity index (χ2n) is 6.17. The highest BCUT2D eigenvalue weighted by molar-refractivity contribution is 5.95. The molecule has 0 bridgehead atoms. The zero-order chi connectivity index (χ0) is 18.2. The van der Waals surface area contributed by atoms with Gasteiger partial charge < -0.3 is 14.8 Å². The zero-order valence-corrected chi connectivity index (χ0v) is 15.5. The van der Waals surface area contributed by atoms with Crippen LogP contribution >= 0.6 is 0 Å². The second-order valence-corrected chi connectivity index (χ2v) is 6.17. The molecule has 2 rings (SSSR count). The van der Waals surface area contributed by atoms with Gasteiger partial charge >= 0.3 is 0 Å². The van der Waals surface area contributed by atoms with Crippen molar-refractivity contribution < 1.29 is 14.3 Å². The molecule has 0 radical (unpaired) electrons. The molecule has 25 heavy (non-hydrogen) atoms. The summed E-state index contributed by atoms with van der Waals surface area (Å²) in [5, 5.41) is 2.91. The van der Waals surface area contributed by atoms with Gasteiger partial charge in [-0.15, -0.1) is 0 Å². The summed E-state index contributed by atoms with van der Waals surface area (Å²) in [6.07, 6.45) is 1.44. The van der Waals surface area contributed by atoms with Crippen molar-refractivity contribution in [3.05, 3.63) is 53.6 Å². The zero-order valence-electron chi connectivity index (χ0n) is 15.5. The second kappa shape index (κ2) is 9.11. The summed E-state index contributed by atoms with van der Waals surface area (Å²) < 4.78 is 11.7. The number of unbranched alkanes of at least 4 members (excludes halogenated alkanes) is 1. The summed E-state index contributed by atoms with van der Waals surface area (Å²) in [6.45, 7) is 8.46. The van der Waals surface area contributed by atoms with Crippen molar-refractivity contribution in [1.82, 2.24) is 0 Å². The lowest BCUT2D eigenvalue weighted by Crippen LogP contribution is -2.30. The molecule has 0 aromatic heterocycles. The predicted molar refractivity (Wildman–Crippen MR) is 101 cm³/mol. The maximum atomic E-state index is 12.5. The number of rotatable bonds is 8. The fourth-order valence-electron chi connectivity index (χ4n) is 2.47. The minimum atomic E-state index is -0.608. The van der Waals surface area contributed by atoms with E-state index in [4.69, 9.17) is 9.47 Å². The van der Waals surface area contributed by atoms with E-state index in [0.29, 0.717) is 18.0 Å². The van der Waals surface area contributed by atoms with Gasteiger partial charge in [-0.05, 0) is 50.5 Å². The van der Waals surface area contributed by atoms with Crippen LogP contribution in [-0.2, 0) is 4.79 Å². The maximum Gasteiger partial charge on any atom is 0.265 e. The van der Waals surface area contributed by atoms with E-state index in [1.54, 1.807) is 6.92 Å². The predicted octanol–water partition coefficient (Wildman–Crippen LogP) is 4.89. The number of carbonyl (C=O) groups is 1. The lowest BCUT2D eigenvalue weighted by atomic mass is 10.1. The number of nitrogens with one attached hydrogen (secondary N) is 1. The number of hydrogen-bond donors (Lipinski definition) is 1. The molecule has 1 amide bonds. The first kappa shape index (κ1) is 18.8. The average molecular weight is 341 g/mol. The highest BCUT2D eigenvalue weighted by Crippen LogP contribution is 2.26. The number of ether oxygens (including phenoxy) is 2. The van der Waals surface area contributed by atoms with Crippen LogP contribution in [0.1, 0.15) is 37.8 Å². The molecule has 4 heteroatoms. The normalized spacial score (nSPS) is 11.7. The molecular weight excluding hydrogens is 314 g/mol. The quantitative estimate of drug-likeness (QED) is 0.696. The van der Waals surface area contributed by atoms with Crippen LogP contribution in [0.15, 0.2) is 42.5 Å². The lowest BCUT2D eigenvalue weighted by molar-refractivity contribution is -0.122. The van der Waals surface area contributed by atoms with Gasteiger partial charge in [0, 0.05) is 0 Å². The highest BCUT2D eigenvalue weighted by atomic mass is 16.5. The van der Waals surface area contributed by atoms with E-state index < -0.39 is 6.10 Å². The number of hydrogen-bond acceptors (Lipinski definition) is 3. The summed E-state index contributed by atoms with van der Waals surface area (Å²) >= 11 is 0. The van der Waals surface area contributed by atoms with Crippen LogP contribution in [0.25, 0.3) is 0 Å². The average Bonchev–Trinajstić information content (AvgIpc) is 2.59. The molecule has 0 spiro atoms. The van der Waals surface area contributed by atoms with Gasteiger partial charge in [-0.25, -0.2) is 0 Å². The molecule has 0 heterocycles. The number of para-hydroxylation sites is 3. The van der Waals surface area contributed by atoms with Crippen molar-refractivity contribution in [1.29, 1.82) is 0 Å². The molecule has 0 fully saturated rings. The Morgan fingerprint density at radius 1 is 1.08 bits per heavy atom. The number of aryl methyl sites for hydroxylation is 2. The van der Waals surface area contributed by atoms with Gasteiger partial charge in [0.15, 0.2) is 6.10 Å². The van der Waals surface area contributed by atoms with E-state index >= 15 is 0 Å². The lowest BCUT2D eigenvalue weighted by Gasteiger charge is -2.19. The Morgan fingerprint density at radius 2 is 1.76 bits per heavy atom. The molecule has 4 nitrogen and oxygen atoms in total. The van der Waals surface area contributed by atoms with Crippen molar-refractivity contribution in [2.75, 3.05) is 11.9 Å². The third-order valence-electron chi connectivity index (χ3n) is 3.97. The van der Waals surface area contributed by atoms with Gasteiger partial charge in [-0.3, -0.25) is 4.79 Å². The molecule has 0 saturated carbocycles. The standard InChI is InChI=1S/C21H27NO3/c1-5-6-14-24-19-13-8-7-12-18(19)22-21(23)17(4)25-20-15(2)10-9-11-16(20)3/h7-13,17H,5-6,14H2,1-4H3,(H,22,23). The largest absolute Gasteiger partial charge is 0.491 e. The first-order valence-electron chi connectivity index (χ1n) is 8.78. The minimum absolute atomic E-state index is 0.200.